The lowest BCUT2D eigenvalue weighted by molar-refractivity contribution is 0.764. The SMILES string of the molecule is CCC(Nc1ccc(C#N)c(C)c1)c1cccs1. The molecule has 18 heavy (non-hydrogen) atoms. The standard InChI is InChI=1S/C15H16N2S/c1-3-14(15-5-4-8-18-15)17-13-7-6-12(10-16)11(2)9-13/h4-9,14,17H,3H2,1-2H3. The van der Waals surface area contributed by atoms with Crippen LogP contribution in [0.4, 0.5) is 5.69 Å². The van der Waals surface area contributed by atoms with Gasteiger partial charge in [-0.05, 0) is 48.6 Å². The molecule has 0 saturated heterocycles. The summed E-state index contributed by atoms with van der Waals surface area (Å²) in [4.78, 5) is 1.35. The molecule has 0 radical (unpaired) electrons. The molecule has 0 bridgehead atoms. The van der Waals surface area contributed by atoms with E-state index >= 15 is 0 Å². The fourth-order valence-electron chi connectivity index (χ4n) is 1.94. The normalized spacial score (nSPS) is 11.8. The number of nitrogens with one attached hydrogen (secondary N) is 1. The molecule has 1 heterocycles. The van der Waals surface area contributed by atoms with Crippen molar-refractivity contribution in [3.05, 3.63) is 51.7 Å². The van der Waals surface area contributed by atoms with Gasteiger partial charge in [-0.15, -0.1) is 11.3 Å². The predicted molar refractivity (Wildman–Crippen MR) is 76.9 cm³/mol. The van der Waals surface area contributed by atoms with Gasteiger partial charge in [0, 0.05) is 10.6 Å². The molecule has 0 fully saturated rings. The highest BCUT2D eigenvalue weighted by Crippen LogP contribution is 2.26. The molecule has 0 aliphatic heterocycles. The molecule has 0 amide bonds. The maximum atomic E-state index is 8.92. The Kier molecular flexibility index (Phi) is 4.01. The van der Waals surface area contributed by atoms with E-state index in [1.165, 1.54) is 4.88 Å². The number of nitriles is 1. The van der Waals surface area contributed by atoms with Crippen LogP contribution in [0, 0.1) is 18.3 Å². The summed E-state index contributed by atoms with van der Waals surface area (Å²) in [5.74, 6) is 0. The quantitative estimate of drug-likeness (QED) is 0.874. The van der Waals surface area contributed by atoms with E-state index in [-0.39, 0.29) is 0 Å². The van der Waals surface area contributed by atoms with Crippen molar-refractivity contribution in [2.24, 2.45) is 0 Å². The van der Waals surface area contributed by atoms with Gasteiger partial charge in [-0.25, -0.2) is 0 Å². The zero-order valence-electron chi connectivity index (χ0n) is 10.6. The number of thiophene rings is 1. The zero-order valence-corrected chi connectivity index (χ0v) is 11.4. The molecule has 1 atom stereocenters. The fourth-order valence-corrected chi connectivity index (χ4v) is 2.81. The number of aryl methyl sites for hydroxylation is 1. The van der Waals surface area contributed by atoms with Crippen molar-refractivity contribution in [3.8, 4) is 6.07 Å². The van der Waals surface area contributed by atoms with Gasteiger partial charge in [0.05, 0.1) is 17.7 Å². The van der Waals surface area contributed by atoms with Crippen LogP contribution in [-0.2, 0) is 0 Å². The molecular weight excluding hydrogens is 240 g/mol. The lowest BCUT2D eigenvalue weighted by atomic mass is 10.1. The van der Waals surface area contributed by atoms with Crippen LogP contribution in [0.1, 0.15) is 35.4 Å². The van der Waals surface area contributed by atoms with E-state index in [1.807, 2.05) is 25.1 Å². The Bertz CT molecular complexity index is 552. The fraction of sp³-hybridized carbons (Fsp3) is 0.267. The molecule has 2 aromatic rings. The van der Waals surface area contributed by atoms with Crippen LogP contribution < -0.4 is 5.32 Å². The lowest BCUT2D eigenvalue weighted by Gasteiger charge is -2.17. The Morgan fingerprint density at radius 2 is 2.22 bits per heavy atom. The third-order valence-corrected chi connectivity index (χ3v) is 3.97. The second-order valence-electron chi connectivity index (χ2n) is 4.26. The van der Waals surface area contributed by atoms with Crippen LogP contribution in [0.15, 0.2) is 35.7 Å². The Morgan fingerprint density at radius 1 is 1.39 bits per heavy atom. The Labute approximate surface area is 112 Å². The minimum atomic E-state index is 0.345. The molecule has 3 heteroatoms. The Hall–Kier alpha value is -1.79. The van der Waals surface area contributed by atoms with Crippen LogP contribution in [0.5, 0.6) is 0 Å². The molecule has 0 spiro atoms. The van der Waals surface area contributed by atoms with Crippen LogP contribution in [0.25, 0.3) is 0 Å². The van der Waals surface area contributed by atoms with E-state index in [0.717, 1.165) is 23.2 Å². The molecule has 0 aliphatic carbocycles. The first-order valence-electron chi connectivity index (χ1n) is 6.05. The van der Waals surface area contributed by atoms with Gasteiger partial charge < -0.3 is 5.32 Å². The largest absolute Gasteiger partial charge is 0.377 e. The van der Waals surface area contributed by atoms with Gasteiger partial charge in [-0.1, -0.05) is 13.0 Å². The van der Waals surface area contributed by atoms with Crippen LogP contribution in [-0.4, -0.2) is 0 Å². The summed E-state index contributed by atoms with van der Waals surface area (Å²) in [6.45, 7) is 4.14. The molecule has 1 aromatic carbocycles. The van der Waals surface area contributed by atoms with Gasteiger partial charge in [0.1, 0.15) is 0 Å². The first kappa shape index (κ1) is 12.7. The van der Waals surface area contributed by atoms with E-state index in [9.17, 15) is 0 Å². The number of hydrogen-bond donors (Lipinski definition) is 1. The highest BCUT2D eigenvalue weighted by atomic mass is 32.1. The molecule has 0 saturated carbocycles. The van der Waals surface area contributed by atoms with Crippen molar-refractivity contribution in [3.63, 3.8) is 0 Å². The smallest absolute Gasteiger partial charge is 0.0994 e. The molecule has 1 N–H and O–H groups in total. The summed E-state index contributed by atoms with van der Waals surface area (Å²) in [5, 5.41) is 14.5. The van der Waals surface area contributed by atoms with Gasteiger partial charge in [-0.3, -0.25) is 0 Å². The lowest BCUT2D eigenvalue weighted by Crippen LogP contribution is -2.08. The number of nitrogens with zero attached hydrogens (tertiary/aromatic N) is 1. The van der Waals surface area contributed by atoms with Crippen LogP contribution >= 0.6 is 11.3 Å². The highest BCUT2D eigenvalue weighted by molar-refractivity contribution is 7.10. The summed E-state index contributed by atoms with van der Waals surface area (Å²) in [6.07, 6.45) is 1.04. The first-order chi connectivity index (χ1) is 8.74. The molecule has 2 rings (SSSR count). The van der Waals surface area contributed by atoms with Gasteiger partial charge in [0.25, 0.3) is 0 Å². The van der Waals surface area contributed by atoms with E-state index in [2.05, 4.69) is 35.8 Å². The van der Waals surface area contributed by atoms with E-state index in [1.54, 1.807) is 11.3 Å². The van der Waals surface area contributed by atoms with Crippen molar-refractivity contribution in [2.75, 3.05) is 5.32 Å². The average Bonchev–Trinajstić information content (AvgIpc) is 2.90. The third-order valence-electron chi connectivity index (χ3n) is 2.98. The molecule has 1 aromatic heterocycles. The second-order valence-corrected chi connectivity index (χ2v) is 5.24. The number of benzene rings is 1. The molecular formula is C15H16N2S. The maximum Gasteiger partial charge on any atom is 0.0994 e. The van der Waals surface area contributed by atoms with Gasteiger partial charge in [0.15, 0.2) is 0 Å². The van der Waals surface area contributed by atoms with Crippen molar-refractivity contribution in [2.45, 2.75) is 26.3 Å². The number of hydrogen-bond acceptors (Lipinski definition) is 3. The predicted octanol–water partition coefficient (Wildman–Crippen LogP) is 4.49. The van der Waals surface area contributed by atoms with Crippen molar-refractivity contribution in [1.29, 1.82) is 5.26 Å². The topological polar surface area (TPSA) is 35.8 Å². The van der Waals surface area contributed by atoms with E-state index < -0.39 is 0 Å². The second kappa shape index (κ2) is 5.70. The third kappa shape index (κ3) is 2.72. The number of anilines is 1. The highest BCUT2D eigenvalue weighted by Gasteiger charge is 2.10. The van der Waals surface area contributed by atoms with Gasteiger partial charge in [-0.2, -0.15) is 5.26 Å². The van der Waals surface area contributed by atoms with Crippen LogP contribution in [0.3, 0.4) is 0 Å². The minimum Gasteiger partial charge on any atom is -0.377 e. The van der Waals surface area contributed by atoms with Gasteiger partial charge >= 0.3 is 0 Å². The van der Waals surface area contributed by atoms with E-state index in [4.69, 9.17) is 5.26 Å². The molecule has 92 valence electrons. The summed E-state index contributed by atoms with van der Waals surface area (Å²) >= 11 is 1.77. The maximum absolute atomic E-state index is 8.92. The van der Waals surface area contributed by atoms with Crippen molar-refractivity contribution < 1.29 is 0 Å². The summed E-state index contributed by atoms with van der Waals surface area (Å²) < 4.78 is 0. The van der Waals surface area contributed by atoms with Gasteiger partial charge in [0.2, 0.25) is 0 Å². The summed E-state index contributed by atoms with van der Waals surface area (Å²) in [5.41, 5.74) is 2.83. The average molecular weight is 256 g/mol. The molecule has 2 nitrogen and oxygen atoms in total. The van der Waals surface area contributed by atoms with Crippen LogP contribution in [0.2, 0.25) is 0 Å². The summed E-state index contributed by atoms with van der Waals surface area (Å²) in [7, 11) is 0. The first-order valence-corrected chi connectivity index (χ1v) is 6.93. The molecule has 0 aliphatic rings. The minimum absolute atomic E-state index is 0.345. The zero-order chi connectivity index (χ0) is 13.0. The Morgan fingerprint density at radius 3 is 2.78 bits per heavy atom. The van der Waals surface area contributed by atoms with Crippen molar-refractivity contribution >= 4 is 17.0 Å². The monoisotopic (exact) mass is 256 g/mol. The molecule has 1 unspecified atom stereocenters. The van der Waals surface area contributed by atoms with Crippen molar-refractivity contribution in [1.82, 2.24) is 0 Å². The van der Waals surface area contributed by atoms with E-state index in [0.29, 0.717) is 6.04 Å². The number of rotatable bonds is 4. The Balaban J connectivity index is 2.18. The summed E-state index contributed by atoms with van der Waals surface area (Å²) in [6, 6.07) is 12.7.